The number of nitrogens with zero attached hydrogens (tertiary/aromatic N) is 1. The summed E-state index contributed by atoms with van der Waals surface area (Å²) in [6, 6.07) is 4.48. The topological polar surface area (TPSA) is 72.2 Å². The number of carbonyl (C=O) groups is 1. The molecule has 6 heteroatoms. The van der Waals surface area contributed by atoms with Crippen LogP contribution in [0.3, 0.4) is 0 Å². The van der Waals surface area contributed by atoms with Crippen LogP contribution in [0, 0.1) is 15.5 Å². The van der Waals surface area contributed by atoms with E-state index in [1.54, 1.807) is 6.07 Å². The summed E-state index contributed by atoms with van der Waals surface area (Å²) < 4.78 is 0.235. The largest absolute Gasteiger partial charge is 0.351 e. The van der Waals surface area contributed by atoms with Crippen LogP contribution in [-0.4, -0.2) is 17.4 Å². The van der Waals surface area contributed by atoms with Crippen molar-refractivity contribution < 1.29 is 9.72 Å². The molecule has 2 rings (SSSR count). The Morgan fingerprint density at radius 3 is 2.70 bits per heavy atom. The van der Waals surface area contributed by atoms with Gasteiger partial charge in [0, 0.05) is 12.6 Å². The van der Waals surface area contributed by atoms with Crippen molar-refractivity contribution in [1.82, 2.24) is 5.32 Å². The smallest absolute Gasteiger partial charge is 0.284 e. The van der Waals surface area contributed by atoms with Crippen LogP contribution in [0.25, 0.3) is 0 Å². The molecule has 0 atom stereocenters. The summed E-state index contributed by atoms with van der Waals surface area (Å²) in [6.45, 7) is 2.78. The maximum atomic E-state index is 12.2. The number of nitrogens with one attached hydrogen (secondary N) is 1. The fraction of sp³-hybridized carbons (Fsp3) is 0.500. The number of amides is 1. The van der Waals surface area contributed by atoms with Gasteiger partial charge in [0.2, 0.25) is 0 Å². The van der Waals surface area contributed by atoms with Crippen LogP contribution in [0.2, 0.25) is 0 Å². The lowest BCUT2D eigenvalue weighted by Crippen LogP contribution is -2.34. The monoisotopic (exact) mass is 340 g/mol. The number of hydrogen-bond acceptors (Lipinski definition) is 3. The Morgan fingerprint density at radius 2 is 2.10 bits per heavy atom. The number of carbonyl (C=O) groups excluding carboxylic acids is 1. The minimum absolute atomic E-state index is 0.0928. The maximum absolute atomic E-state index is 12.2. The predicted molar refractivity (Wildman–Crippen MR) is 79.7 cm³/mol. The van der Waals surface area contributed by atoms with Gasteiger partial charge in [-0.25, -0.2) is 0 Å². The van der Waals surface area contributed by atoms with Crippen molar-refractivity contribution in [1.29, 1.82) is 0 Å². The molecular formula is C14H17BrN2O3. The average molecular weight is 341 g/mol. The van der Waals surface area contributed by atoms with E-state index in [1.807, 2.05) is 0 Å². The highest BCUT2D eigenvalue weighted by molar-refractivity contribution is 9.10. The fourth-order valence-electron chi connectivity index (χ4n) is 2.63. The zero-order chi connectivity index (χ0) is 14.8. The zero-order valence-electron chi connectivity index (χ0n) is 11.3. The van der Waals surface area contributed by atoms with Crippen LogP contribution in [0.15, 0.2) is 22.7 Å². The van der Waals surface area contributed by atoms with Gasteiger partial charge in [0.15, 0.2) is 0 Å². The molecule has 0 heterocycles. The molecular weight excluding hydrogens is 324 g/mol. The molecule has 0 unspecified atom stereocenters. The molecule has 0 aromatic heterocycles. The van der Waals surface area contributed by atoms with Gasteiger partial charge in [-0.3, -0.25) is 14.9 Å². The van der Waals surface area contributed by atoms with Crippen LogP contribution in [-0.2, 0) is 0 Å². The van der Waals surface area contributed by atoms with Crippen molar-refractivity contribution >= 4 is 27.5 Å². The van der Waals surface area contributed by atoms with Crippen molar-refractivity contribution in [3.05, 3.63) is 38.3 Å². The molecule has 108 valence electrons. The van der Waals surface area contributed by atoms with E-state index in [2.05, 4.69) is 28.2 Å². The van der Waals surface area contributed by atoms with Gasteiger partial charge in [-0.2, -0.15) is 0 Å². The van der Waals surface area contributed by atoms with Gasteiger partial charge < -0.3 is 5.32 Å². The summed E-state index contributed by atoms with van der Waals surface area (Å²) >= 11 is 3.15. The van der Waals surface area contributed by atoms with Gasteiger partial charge >= 0.3 is 0 Å². The SMILES string of the molecule is CC1(CNC(=O)c2cccc([N+](=O)[O-])c2Br)CCCC1. The molecule has 1 N–H and O–H groups in total. The Hall–Kier alpha value is -1.43. The predicted octanol–water partition coefficient (Wildman–Crippen LogP) is 3.67. The first kappa shape index (κ1) is 15.0. The molecule has 0 radical (unpaired) electrons. The summed E-state index contributed by atoms with van der Waals surface area (Å²) in [4.78, 5) is 22.5. The van der Waals surface area contributed by atoms with E-state index in [1.165, 1.54) is 25.0 Å². The van der Waals surface area contributed by atoms with E-state index in [4.69, 9.17) is 0 Å². The van der Waals surface area contributed by atoms with Crippen LogP contribution >= 0.6 is 15.9 Å². The highest BCUT2D eigenvalue weighted by Gasteiger charge is 2.29. The van der Waals surface area contributed by atoms with Crippen LogP contribution in [0.1, 0.15) is 43.0 Å². The minimum atomic E-state index is -0.501. The molecule has 1 aliphatic carbocycles. The minimum Gasteiger partial charge on any atom is -0.351 e. The fourth-order valence-corrected chi connectivity index (χ4v) is 3.22. The first-order valence-corrected chi connectivity index (χ1v) is 7.43. The molecule has 1 amide bonds. The van der Waals surface area contributed by atoms with Crippen molar-refractivity contribution in [2.24, 2.45) is 5.41 Å². The molecule has 0 bridgehead atoms. The first-order valence-electron chi connectivity index (χ1n) is 6.64. The summed E-state index contributed by atoms with van der Waals surface area (Å²) in [6.07, 6.45) is 4.63. The average Bonchev–Trinajstić information content (AvgIpc) is 2.83. The van der Waals surface area contributed by atoms with Gasteiger partial charge in [-0.15, -0.1) is 0 Å². The Bertz CT molecular complexity index is 539. The molecule has 5 nitrogen and oxygen atoms in total. The first-order chi connectivity index (χ1) is 9.43. The van der Waals surface area contributed by atoms with Crippen LogP contribution in [0.5, 0.6) is 0 Å². The molecule has 0 aliphatic heterocycles. The third-order valence-corrected chi connectivity index (χ3v) is 4.74. The Morgan fingerprint density at radius 1 is 1.45 bits per heavy atom. The molecule has 1 saturated carbocycles. The number of benzene rings is 1. The number of hydrogen-bond donors (Lipinski definition) is 1. The van der Waals surface area contributed by atoms with Gasteiger partial charge in [0.25, 0.3) is 11.6 Å². The Balaban J connectivity index is 2.09. The van der Waals surface area contributed by atoms with Gasteiger partial charge in [-0.05, 0) is 40.3 Å². The van der Waals surface area contributed by atoms with E-state index < -0.39 is 4.92 Å². The van der Waals surface area contributed by atoms with Crippen molar-refractivity contribution in [3.8, 4) is 0 Å². The van der Waals surface area contributed by atoms with Crippen LogP contribution in [0.4, 0.5) is 5.69 Å². The Kier molecular flexibility index (Phi) is 4.42. The highest BCUT2D eigenvalue weighted by atomic mass is 79.9. The van der Waals surface area contributed by atoms with Gasteiger partial charge in [-0.1, -0.05) is 25.8 Å². The standard InChI is InChI=1S/C14H17BrN2O3/c1-14(7-2-3-8-14)9-16-13(18)10-5-4-6-11(12(10)15)17(19)20/h4-6H,2-3,7-9H2,1H3,(H,16,18). The number of nitro groups is 1. The van der Waals surface area contributed by atoms with Gasteiger partial charge in [0.05, 0.1) is 10.5 Å². The zero-order valence-corrected chi connectivity index (χ0v) is 12.9. The normalized spacial score (nSPS) is 16.9. The second-order valence-electron chi connectivity index (χ2n) is 5.60. The Labute approximate surface area is 126 Å². The maximum Gasteiger partial charge on any atom is 0.284 e. The van der Waals surface area contributed by atoms with Crippen molar-refractivity contribution in [2.75, 3.05) is 6.54 Å². The molecule has 1 fully saturated rings. The van der Waals surface area contributed by atoms with Crippen LogP contribution < -0.4 is 5.32 Å². The molecule has 1 aromatic rings. The third-order valence-electron chi connectivity index (χ3n) is 3.91. The van der Waals surface area contributed by atoms with E-state index in [0.29, 0.717) is 12.1 Å². The van der Waals surface area contributed by atoms with E-state index in [9.17, 15) is 14.9 Å². The molecule has 1 aliphatic rings. The summed E-state index contributed by atoms with van der Waals surface area (Å²) in [7, 11) is 0. The molecule has 1 aromatic carbocycles. The van der Waals surface area contributed by atoms with E-state index in [-0.39, 0.29) is 21.5 Å². The van der Waals surface area contributed by atoms with Crippen molar-refractivity contribution in [2.45, 2.75) is 32.6 Å². The summed E-state index contributed by atoms with van der Waals surface area (Å²) in [5, 5.41) is 13.8. The highest BCUT2D eigenvalue weighted by Crippen LogP contribution is 2.37. The molecule has 0 spiro atoms. The van der Waals surface area contributed by atoms with Crippen molar-refractivity contribution in [3.63, 3.8) is 0 Å². The van der Waals surface area contributed by atoms with Gasteiger partial charge in [0.1, 0.15) is 4.47 Å². The summed E-state index contributed by atoms with van der Waals surface area (Å²) in [5.74, 6) is -0.270. The quantitative estimate of drug-likeness (QED) is 0.671. The lowest BCUT2D eigenvalue weighted by molar-refractivity contribution is -0.385. The lowest BCUT2D eigenvalue weighted by Gasteiger charge is -2.23. The molecule has 20 heavy (non-hydrogen) atoms. The second kappa shape index (κ2) is 5.91. The number of nitro benzene ring substituents is 1. The second-order valence-corrected chi connectivity index (χ2v) is 6.39. The van der Waals surface area contributed by atoms with E-state index >= 15 is 0 Å². The number of rotatable bonds is 4. The van der Waals surface area contributed by atoms with E-state index in [0.717, 1.165) is 12.8 Å². The summed E-state index contributed by atoms with van der Waals surface area (Å²) in [5.41, 5.74) is 0.369. The number of halogens is 1. The third kappa shape index (κ3) is 3.17. The lowest BCUT2D eigenvalue weighted by atomic mass is 9.89. The molecule has 0 saturated heterocycles.